The Bertz CT molecular complexity index is 672. The lowest BCUT2D eigenvalue weighted by Crippen LogP contribution is -2.20. The van der Waals surface area contributed by atoms with E-state index in [9.17, 15) is 20.1 Å². The summed E-state index contributed by atoms with van der Waals surface area (Å²) in [5, 5.41) is 41.3. The van der Waals surface area contributed by atoms with E-state index < -0.39 is 24.3 Å². The molecule has 0 aromatic carbocycles. The molecule has 1 aromatic heterocycles. The summed E-state index contributed by atoms with van der Waals surface area (Å²) < 4.78 is 0.751. The van der Waals surface area contributed by atoms with Gasteiger partial charge in [-0.05, 0) is 55.0 Å². The number of unbranched alkanes of at least 4 members (excludes halogenated alkanes) is 1. The number of rotatable bonds is 11. The van der Waals surface area contributed by atoms with Gasteiger partial charge in [-0.3, -0.25) is 4.79 Å². The summed E-state index contributed by atoms with van der Waals surface area (Å²) in [6, 6.07) is 1.96. The lowest BCUT2D eigenvalue weighted by Gasteiger charge is -2.19. The Morgan fingerprint density at radius 3 is 2.79 bits per heavy atom. The molecule has 156 valence electrons. The Labute approximate surface area is 175 Å². The molecule has 1 aliphatic carbocycles. The van der Waals surface area contributed by atoms with Gasteiger partial charge in [0.25, 0.3) is 0 Å². The van der Waals surface area contributed by atoms with Crippen molar-refractivity contribution in [3.05, 3.63) is 45.7 Å². The van der Waals surface area contributed by atoms with Gasteiger partial charge in [0.15, 0.2) is 0 Å². The number of halogens is 1. The standard InChI is InChI=1S/C21H29ClO5S/c22-21-14(11-12-28-21)7-8-15(23)9-10-17-16(18(24)13-19(17)25)5-3-1-2-4-6-20(26)27/h1,3,9-12,15-19,23-25H,2,4-8,13H2,(H,26,27)/b3-1-,10-9+/t15-,16+,17+,18-,19+/m0/s1. The molecule has 0 spiro atoms. The van der Waals surface area contributed by atoms with E-state index in [0.717, 1.165) is 9.90 Å². The summed E-state index contributed by atoms with van der Waals surface area (Å²) in [6.45, 7) is 0. The van der Waals surface area contributed by atoms with Crippen LogP contribution in [0.2, 0.25) is 4.34 Å². The number of carbonyl (C=O) groups is 1. The molecule has 7 heteroatoms. The first kappa shape index (κ1) is 23.1. The third kappa shape index (κ3) is 7.33. The number of carboxylic acids is 1. The molecule has 2 rings (SSSR count). The lowest BCUT2D eigenvalue weighted by molar-refractivity contribution is -0.137. The molecular weight excluding hydrogens is 400 g/mol. The summed E-state index contributed by atoms with van der Waals surface area (Å²) in [7, 11) is 0. The molecule has 28 heavy (non-hydrogen) atoms. The first-order valence-electron chi connectivity index (χ1n) is 9.69. The smallest absolute Gasteiger partial charge is 0.303 e. The van der Waals surface area contributed by atoms with Gasteiger partial charge in [-0.2, -0.15) is 0 Å². The Hall–Kier alpha value is -1.18. The average molecular weight is 429 g/mol. The van der Waals surface area contributed by atoms with Crippen LogP contribution in [0.5, 0.6) is 0 Å². The number of hydrogen-bond acceptors (Lipinski definition) is 5. The van der Waals surface area contributed by atoms with Crippen LogP contribution in [0.3, 0.4) is 0 Å². The number of allylic oxidation sites excluding steroid dienone is 2. The molecule has 1 aromatic rings. The van der Waals surface area contributed by atoms with Gasteiger partial charge in [0, 0.05) is 18.8 Å². The summed E-state index contributed by atoms with van der Waals surface area (Å²) in [4.78, 5) is 10.5. The zero-order chi connectivity index (χ0) is 20.5. The van der Waals surface area contributed by atoms with Crippen molar-refractivity contribution in [3.8, 4) is 0 Å². The van der Waals surface area contributed by atoms with Crippen LogP contribution < -0.4 is 0 Å². The van der Waals surface area contributed by atoms with E-state index in [2.05, 4.69) is 0 Å². The van der Waals surface area contributed by atoms with Crippen LogP contribution in [0, 0.1) is 11.8 Å². The first-order valence-corrected chi connectivity index (χ1v) is 11.0. The van der Waals surface area contributed by atoms with Gasteiger partial charge in [-0.1, -0.05) is 35.9 Å². The molecule has 0 radical (unpaired) electrons. The second-order valence-corrected chi connectivity index (χ2v) is 8.83. The highest BCUT2D eigenvalue weighted by Crippen LogP contribution is 2.36. The van der Waals surface area contributed by atoms with Crippen molar-refractivity contribution in [2.45, 2.75) is 63.3 Å². The van der Waals surface area contributed by atoms with Crippen molar-refractivity contribution in [1.82, 2.24) is 0 Å². The number of aliphatic hydroxyl groups is 3. The van der Waals surface area contributed by atoms with E-state index in [1.165, 1.54) is 11.3 Å². The molecule has 1 aliphatic rings. The highest BCUT2D eigenvalue weighted by molar-refractivity contribution is 7.14. The van der Waals surface area contributed by atoms with E-state index in [1.54, 1.807) is 6.08 Å². The van der Waals surface area contributed by atoms with Crippen molar-refractivity contribution < 1.29 is 25.2 Å². The van der Waals surface area contributed by atoms with E-state index in [0.29, 0.717) is 38.5 Å². The van der Waals surface area contributed by atoms with Crippen molar-refractivity contribution >= 4 is 28.9 Å². The van der Waals surface area contributed by atoms with Crippen LogP contribution in [-0.4, -0.2) is 44.7 Å². The predicted octanol–water partition coefficient (Wildman–Crippen LogP) is 3.81. The first-order chi connectivity index (χ1) is 13.4. The average Bonchev–Trinajstić information content (AvgIpc) is 3.16. The molecule has 0 unspecified atom stereocenters. The second-order valence-electron chi connectivity index (χ2n) is 7.32. The maximum absolute atomic E-state index is 10.5. The highest BCUT2D eigenvalue weighted by Gasteiger charge is 2.39. The SMILES string of the molecule is O=C(O)CCC/C=C\C[C@@H]1[C@@H](/C=C/[C@@H](O)CCc2ccsc2Cl)[C@H](O)C[C@@H]1O. The minimum absolute atomic E-state index is 0.111. The molecule has 5 atom stereocenters. The largest absolute Gasteiger partial charge is 0.481 e. The van der Waals surface area contributed by atoms with Gasteiger partial charge in [-0.15, -0.1) is 11.3 Å². The quantitative estimate of drug-likeness (QED) is 0.317. The summed E-state index contributed by atoms with van der Waals surface area (Å²) in [5.74, 6) is -1.12. The molecule has 0 amide bonds. The Balaban J connectivity index is 1.82. The van der Waals surface area contributed by atoms with E-state index in [-0.39, 0.29) is 18.3 Å². The monoisotopic (exact) mass is 428 g/mol. The predicted molar refractivity (Wildman–Crippen MR) is 112 cm³/mol. The molecule has 1 heterocycles. The number of carboxylic acid groups (broad SMARTS) is 1. The zero-order valence-electron chi connectivity index (χ0n) is 15.8. The fourth-order valence-electron chi connectivity index (χ4n) is 3.60. The second kappa shape index (κ2) is 11.7. The Kier molecular flexibility index (Phi) is 9.68. The van der Waals surface area contributed by atoms with Gasteiger partial charge in [-0.25, -0.2) is 0 Å². The van der Waals surface area contributed by atoms with E-state index >= 15 is 0 Å². The maximum atomic E-state index is 10.5. The van der Waals surface area contributed by atoms with Crippen LogP contribution in [0.1, 0.15) is 44.1 Å². The lowest BCUT2D eigenvalue weighted by atomic mass is 9.89. The highest BCUT2D eigenvalue weighted by atomic mass is 35.5. The number of aliphatic carboxylic acids is 1. The van der Waals surface area contributed by atoms with E-state index in [4.69, 9.17) is 16.7 Å². The van der Waals surface area contributed by atoms with Crippen LogP contribution in [-0.2, 0) is 11.2 Å². The number of thiophene rings is 1. The topological polar surface area (TPSA) is 98.0 Å². The van der Waals surface area contributed by atoms with Crippen LogP contribution in [0.25, 0.3) is 0 Å². The number of aryl methyl sites for hydroxylation is 1. The Morgan fingerprint density at radius 1 is 1.32 bits per heavy atom. The number of aliphatic hydroxyl groups excluding tert-OH is 3. The van der Waals surface area contributed by atoms with Crippen molar-refractivity contribution in [1.29, 1.82) is 0 Å². The number of hydrogen-bond donors (Lipinski definition) is 4. The van der Waals surface area contributed by atoms with Gasteiger partial charge in [0.1, 0.15) is 0 Å². The molecule has 1 saturated carbocycles. The Morgan fingerprint density at radius 2 is 2.11 bits per heavy atom. The molecule has 4 N–H and O–H groups in total. The molecule has 0 aliphatic heterocycles. The fraction of sp³-hybridized carbons (Fsp3) is 0.571. The molecular formula is C21H29ClO5S. The van der Waals surface area contributed by atoms with Gasteiger partial charge in [0.05, 0.1) is 22.6 Å². The van der Waals surface area contributed by atoms with Crippen molar-refractivity contribution in [2.75, 3.05) is 0 Å². The summed E-state index contributed by atoms with van der Waals surface area (Å²) in [5.41, 5.74) is 1.03. The third-order valence-electron chi connectivity index (χ3n) is 5.21. The normalized spacial score (nSPS) is 26.4. The summed E-state index contributed by atoms with van der Waals surface area (Å²) in [6.07, 6.45) is 9.15. The van der Waals surface area contributed by atoms with Crippen LogP contribution in [0.15, 0.2) is 35.8 Å². The van der Waals surface area contributed by atoms with Gasteiger partial charge >= 0.3 is 5.97 Å². The molecule has 0 bridgehead atoms. The zero-order valence-corrected chi connectivity index (χ0v) is 17.4. The third-order valence-corrected chi connectivity index (χ3v) is 6.46. The van der Waals surface area contributed by atoms with E-state index in [1.807, 2.05) is 29.7 Å². The fourth-order valence-corrected chi connectivity index (χ4v) is 4.59. The van der Waals surface area contributed by atoms with Gasteiger partial charge < -0.3 is 20.4 Å². The van der Waals surface area contributed by atoms with Gasteiger partial charge in [0.2, 0.25) is 0 Å². The van der Waals surface area contributed by atoms with Crippen LogP contribution >= 0.6 is 22.9 Å². The minimum atomic E-state index is -0.798. The van der Waals surface area contributed by atoms with Crippen molar-refractivity contribution in [2.24, 2.45) is 11.8 Å². The molecule has 1 fully saturated rings. The van der Waals surface area contributed by atoms with Crippen molar-refractivity contribution in [3.63, 3.8) is 0 Å². The maximum Gasteiger partial charge on any atom is 0.303 e. The molecule has 0 saturated heterocycles. The molecule has 5 nitrogen and oxygen atoms in total. The minimum Gasteiger partial charge on any atom is -0.481 e. The van der Waals surface area contributed by atoms with Crippen LogP contribution in [0.4, 0.5) is 0 Å². The summed E-state index contributed by atoms with van der Waals surface area (Å²) >= 11 is 7.55.